The fourth-order valence-electron chi connectivity index (χ4n) is 2.01. The van der Waals surface area contributed by atoms with Crippen LogP contribution in [0.1, 0.15) is 19.8 Å². The monoisotopic (exact) mass is 212 g/mol. The lowest BCUT2D eigenvalue weighted by molar-refractivity contribution is 0.130. The zero-order chi connectivity index (χ0) is 11.1. The Balaban J connectivity index is 2.35. The molecule has 0 spiro atoms. The normalized spacial score (nSPS) is 23.3. The molecule has 0 aromatic carbocycles. The second kappa shape index (κ2) is 6.99. The third-order valence-corrected chi connectivity index (χ3v) is 3.12. The number of hydrogen-bond acceptors (Lipinski definition) is 3. The molecule has 15 heavy (non-hydrogen) atoms. The van der Waals surface area contributed by atoms with Gasteiger partial charge in [-0.3, -0.25) is 4.90 Å². The molecule has 3 nitrogen and oxygen atoms in total. The van der Waals surface area contributed by atoms with E-state index in [2.05, 4.69) is 23.7 Å². The van der Waals surface area contributed by atoms with Gasteiger partial charge in [0.1, 0.15) is 0 Å². The molecule has 1 aliphatic heterocycles. The maximum Gasteiger partial charge on any atom is 0.0589 e. The second-order valence-corrected chi connectivity index (χ2v) is 4.26. The minimum Gasteiger partial charge on any atom is -0.383 e. The van der Waals surface area contributed by atoms with Crippen LogP contribution in [0.4, 0.5) is 0 Å². The van der Waals surface area contributed by atoms with Crippen molar-refractivity contribution in [2.24, 2.45) is 0 Å². The van der Waals surface area contributed by atoms with Gasteiger partial charge in [-0.2, -0.15) is 0 Å². The smallest absolute Gasteiger partial charge is 0.0589 e. The summed E-state index contributed by atoms with van der Waals surface area (Å²) in [6.07, 6.45) is 4.61. The van der Waals surface area contributed by atoms with Crippen molar-refractivity contribution in [1.29, 1.82) is 0 Å². The number of ether oxygens (including phenoxy) is 1. The Kier molecular flexibility index (Phi) is 5.91. The fourth-order valence-corrected chi connectivity index (χ4v) is 2.01. The highest BCUT2D eigenvalue weighted by molar-refractivity contribution is 4.87. The Morgan fingerprint density at radius 3 is 3.00 bits per heavy atom. The van der Waals surface area contributed by atoms with E-state index in [9.17, 15) is 0 Å². The first-order valence-electron chi connectivity index (χ1n) is 5.87. The van der Waals surface area contributed by atoms with Crippen LogP contribution >= 0.6 is 0 Å². The lowest BCUT2D eigenvalue weighted by Gasteiger charge is -2.29. The standard InChI is InChI=1S/C12H24N2O/c1-4-11(2)14(8-9-15-3)10-12-6-5-7-13-12/h4,11-13H,1,5-10H2,2-3H3. The molecule has 2 unspecified atom stereocenters. The molecule has 0 bridgehead atoms. The molecular formula is C12H24N2O. The van der Waals surface area contributed by atoms with Gasteiger partial charge in [-0.15, -0.1) is 6.58 Å². The molecule has 1 aliphatic rings. The Labute approximate surface area is 93.5 Å². The minimum atomic E-state index is 0.433. The topological polar surface area (TPSA) is 24.5 Å². The van der Waals surface area contributed by atoms with Crippen molar-refractivity contribution >= 4 is 0 Å². The van der Waals surface area contributed by atoms with Crippen molar-refractivity contribution in [3.8, 4) is 0 Å². The Morgan fingerprint density at radius 1 is 1.67 bits per heavy atom. The van der Waals surface area contributed by atoms with E-state index in [-0.39, 0.29) is 0 Å². The van der Waals surface area contributed by atoms with Crippen molar-refractivity contribution < 1.29 is 4.74 Å². The lowest BCUT2D eigenvalue weighted by Crippen LogP contribution is -2.43. The number of rotatable bonds is 7. The van der Waals surface area contributed by atoms with Gasteiger partial charge >= 0.3 is 0 Å². The van der Waals surface area contributed by atoms with Crippen molar-refractivity contribution in [3.63, 3.8) is 0 Å². The van der Waals surface area contributed by atoms with Crippen LogP contribution in [0.25, 0.3) is 0 Å². The molecule has 0 aromatic rings. The summed E-state index contributed by atoms with van der Waals surface area (Å²) in [6, 6.07) is 1.09. The Hall–Kier alpha value is -0.380. The third kappa shape index (κ3) is 4.33. The molecule has 0 aliphatic carbocycles. The molecule has 0 aromatic heterocycles. The molecule has 1 heterocycles. The highest BCUT2D eigenvalue weighted by atomic mass is 16.5. The highest BCUT2D eigenvalue weighted by Gasteiger charge is 2.19. The van der Waals surface area contributed by atoms with Crippen molar-refractivity contribution in [3.05, 3.63) is 12.7 Å². The van der Waals surface area contributed by atoms with Crippen LogP contribution in [0.5, 0.6) is 0 Å². The molecule has 0 radical (unpaired) electrons. The summed E-state index contributed by atoms with van der Waals surface area (Å²) < 4.78 is 5.14. The van der Waals surface area contributed by atoms with E-state index in [4.69, 9.17) is 4.74 Å². The van der Waals surface area contributed by atoms with Gasteiger partial charge in [-0.1, -0.05) is 6.08 Å². The van der Waals surface area contributed by atoms with Crippen LogP contribution in [0, 0.1) is 0 Å². The third-order valence-electron chi connectivity index (χ3n) is 3.12. The van der Waals surface area contributed by atoms with Crippen molar-refractivity contribution in [1.82, 2.24) is 10.2 Å². The molecule has 1 fully saturated rings. The zero-order valence-corrected chi connectivity index (χ0v) is 10.0. The van der Waals surface area contributed by atoms with Gasteiger partial charge < -0.3 is 10.1 Å². The number of nitrogens with one attached hydrogen (secondary N) is 1. The Bertz CT molecular complexity index is 178. The van der Waals surface area contributed by atoms with E-state index in [0.717, 1.165) is 19.7 Å². The number of nitrogens with zero attached hydrogens (tertiary/aromatic N) is 1. The van der Waals surface area contributed by atoms with E-state index in [1.54, 1.807) is 7.11 Å². The van der Waals surface area contributed by atoms with Crippen LogP contribution in [-0.2, 0) is 4.74 Å². The molecular weight excluding hydrogens is 188 g/mol. The second-order valence-electron chi connectivity index (χ2n) is 4.26. The van der Waals surface area contributed by atoms with E-state index in [1.807, 2.05) is 6.08 Å². The summed E-state index contributed by atoms with van der Waals surface area (Å²) in [5, 5.41) is 3.53. The van der Waals surface area contributed by atoms with Crippen LogP contribution in [0.15, 0.2) is 12.7 Å². The van der Waals surface area contributed by atoms with Gasteiger partial charge in [0.15, 0.2) is 0 Å². The van der Waals surface area contributed by atoms with Gasteiger partial charge in [0.2, 0.25) is 0 Å². The van der Waals surface area contributed by atoms with Gasteiger partial charge in [-0.05, 0) is 26.3 Å². The number of methoxy groups -OCH3 is 1. The minimum absolute atomic E-state index is 0.433. The lowest BCUT2D eigenvalue weighted by atomic mass is 10.2. The first-order valence-corrected chi connectivity index (χ1v) is 5.87. The fraction of sp³-hybridized carbons (Fsp3) is 0.833. The summed E-state index contributed by atoms with van der Waals surface area (Å²) >= 11 is 0. The SMILES string of the molecule is C=CC(C)N(CCOC)CC1CCCN1. The average molecular weight is 212 g/mol. The summed E-state index contributed by atoms with van der Waals surface area (Å²) in [7, 11) is 1.75. The van der Waals surface area contributed by atoms with Crippen LogP contribution < -0.4 is 5.32 Å². The molecule has 1 rings (SSSR count). The molecule has 0 amide bonds. The summed E-state index contributed by atoms with van der Waals surface area (Å²) in [6.45, 7) is 10.1. The maximum atomic E-state index is 5.14. The van der Waals surface area contributed by atoms with Crippen LogP contribution in [0.3, 0.4) is 0 Å². The van der Waals surface area contributed by atoms with E-state index < -0.39 is 0 Å². The van der Waals surface area contributed by atoms with E-state index >= 15 is 0 Å². The van der Waals surface area contributed by atoms with E-state index in [0.29, 0.717) is 12.1 Å². The molecule has 1 N–H and O–H groups in total. The molecule has 0 saturated carbocycles. The highest BCUT2D eigenvalue weighted by Crippen LogP contribution is 2.09. The van der Waals surface area contributed by atoms with Gasteiger partial charge in [0.05, 0.1) is 6.61 Å². The Morgan fingerprint density at radius 2 is 2.47 bits per heavy atom. The summed E-state index contributed by atoms with van der Waals surface area (Å²) in [5.41, 5.74) is 0. The first-order chi connectivity index (χ1) is 7.27. The van der Waals surface area contributed by atoms with Gasteiger partial charge in [-0.25, -0.2) is 0 Å². The summed E-state index contributed by atoms with van der Waals surface area (Å²) in [4.78, 5) is 2.43. The van der Waals surface area contributed by atoms with Gasteiger partial charge in [0.25, 0.3) is 0 Å². The number of hydrogen-bond donors (Lipinski definition) is 1. The molecule has 3 heteroatoms. The van der Waals surface area contributed by atoms with Gasteiger partial charge in [0, 0.05) is 32.3 Å². The quantitative estimate of drug-likeness (QED) is 0.643. The molecule has 2 atom stereocenters. The van der Waals surface area contributed by atoms with Crippen LogP contribution in [-0.4, -0.2) is 50.3 Å². The zero-order valence-electron chi connectivity index (χ0n) is 10.0. The largest absolute Gasteiger partial charge is 0.383 e. The van der Waals surface area contributed by atoms with Crippen molar-refractivity contribution in [2.45, 2.75) is 31.8 Å². The first kappa shape index (κ1) is 12.7. The molecule has 88 valence electrons. The average Bonchev–Trinajstić information content (AvgIpc) is 2.75. The van der Waals surface area contributed by atoms with E-state index in [1.165, 1.54) is 19.4 Å². The summed E-state index contributed by atoms with van der Waals surface area (Å²) in [5.74, 6) is 0. The predicted molar refractivity (Wildman–Crippen MR) is 64.1 cm³/mol. The van der Waals surface area contributed by atoms with Crippen LogP contribution in [0.2, 0.25) is 0 Å². The maximum absolute atomic E-state index is 5.14. The predicted octanol–water partition coefficient (Wildman–Crippen LogP) is 1.26. The molecule has 1 saturated heterocycles. The van der Waals surface area contributed by atoms with Crippen molar-refractivity contribution in [2.75, 3.05) is 33.4 Å².